The fourth-order valence-electron chi connectivity index (χ4n) is 1.96. The van der Waals surface area contributed by atoms with Crippen LogP contribution in [0.15, 0.2) is 0 Å². The minimum atomic E-state index is -0.360. The van der Waals surface area contributed by atoms with Crippen molar-refractivity contribution in [1.82, 2.24) is 9.80 Å². The minimum absolute atomic E-state index is 0.0366. The van der Waals surface area contributed by atoms with Crippen LogP contribution in [-0.4, -0.2) is 59.5 Å². The molecule has 2 rings (SSSR count). The van der Waals surface area contributed by atoms with Crippen molar-refractivity contribution in [3.8, 4) is 0 Å². The summed E-state index contributed by atoms with van der Waals surface area (Å²) in [6.07, 6.45) is 1.08. The van der Waals surface area contributed by atoms with Crippen LogP contribution < -0.4 is 0 Å². The van der Waals surface area contributed by atoms with E-state index in [2.05, 4.69) is 0 Å². The summed E-state index contributed by atoms with van der Waals surface area (Å²) in [5.74, 6) is 0.0464. The van der Waals surface area contributed by atoms with Gasteiger partial charge < -0.3 is 14.9 Å². The third-order valence-corrected chi connectivity index (χ3v) is 2.88. The van der Waals surface area contributed by atoms with Gasteiger partial charge in [0.25, 0.3) is 0 Å². The number of rotatable bonds is 2. The van der Waals surface area contributed by atoms with Gasteiger partial charge in [-0.05, 0) is 6.42 Å². The van der Waals surface area contributed by atoms with E-state index in [1.165, 1.54) is 0 Å². The molecule has 14 heavy (non-hydrogen) atoms. The molecule has 2 saturated heterocycles. The molecule has 2 aliphatic heterocycles. The van der Waals surface area contributed by atoms with Gasteiger partial charge in [0, 0.05) is 26.2 Å². The summed E-state index contributed by atoms with van der Waals surface area (Å²) in [6, 6.07) is 0. The summed E-state index contributed by atoms with van der Waals surface area (Å²) in [6.45, 7) is 2.18. The zero-order valence-electron chi connectivity index (χ0n) is 7.93. The Hall–Kier alpha value is -1.10. The lowest BCUT2D eigenvalue weighted by Crippen LogP contribution is -2.53. The highest BCUT2D eigenvalue weighted by molar-refractivity contribution is 5.81. The van der Waals surface area contributed by atoms with Gasteiger partial charge in [0.15, 0.2) is 0 Å². The number of aliphatic hydroxyl groups is 1. The van der Waals surface area contributed by atoms with Crippen LogP contribution in [-0.2, 0) is 9.59 Å². The van der Waals surface area contributed by atoms with E-state index in [1.54, 1.807) is 9.80 Å². The van der Waals surface area contributed by atoms with Gasteiger partial charge in [-0.15, -0.1) is 0 Å². The standard InChI is InChI=1S/C9H14N2O3/c12-6-10-3-7(4-10)9(14)11-2-1-8(13)5-11/h6-8,13H,1-5H2. The summed E-state index contributed by atoms with van der Waals surface area (Å²) in [7, 11) is 0. The Kier molecular flexibility index (Phi) is 2.41. The van der Waals surface area contributed by atoms with Crippen LogP contribution in [0.5, 0.6) is 0 Å². The molecule has 0 aromatic rings. The van der Waals surface area contributed by atoms with E-state index in [1.807, 2.05) is 0 Å². The van der Waals surface area contributed by atoms with E-state index >= 15 is 0 Å². The predicted molar refractivity (Wildman–Crippen MR) is 48.3 cm³/mol. The highest BCUT2D eigenvalue weighted by atomic mass is 16.3. The molecule has 0 aromatic heterocycles. The maximum Gasteiger partial charge on any atom is 0.229 e. The number of carbonyl (C=O) groups is 2. The number of β-amino-alcohol motifs (C(OH)–C–C–N with tert-alkyl or cyclic N) is 1. The van der Waals surface area contributed by atoms with E-state index < -0.39 is 0 Å². The number of hydrogen-bond donors (Lipinski definition) is 1. The van der Waals surface area contributed by atoms with Crippen LogP contribution in [0.2, 0.25) is 0 Å². The van der Waals surface area contributed by atoms with E-state index in [9.17, 15) is 14.7 Å². The molecule has 0 aromatic carbocycles. The van der Waals surface area contributed by atoms with Gasteiger partial charge in [0.1, 0.15) is 0 Å². The molecule has 2 heterocycles. The molecule has 2 fully saturated rings. The van der Waals surface area contributed by atoms with Gasteiger partial charge >= 0.3 is 0 Å². The Bertz CT molecular complexity index is 250. The lowest BCUT2D eigenvalue weighted by Gasteiger charge is -2.37. The Morgan fingerprint density at radius 2 is 2.07 bits per heavy atom. The van der Waals surface area contributed by atoms with Crippen LogP contribution in [0.4, 0.5) is 0 Å². The molecule has 78 valence electrons. The molecule has 2 amide bonds. The van der Waals surface area contributed by atoms with E-state index in [0.29, 0.717) is 32.6 Å². The van der Waals surface area contributed by atoms with Gasteiger partial charge in [-0.25, -0.2) is 0 Å². The zero-order chi connectivity index (χ0) is 10.1. The molecular formula is C9H14N2O3. The van der Waals surface area contributed by atoms with Gasteiger partial charge in [-0.1, -0.05) is 0 Å². The Balaban J connectivity index is 1.82. The maximum absolute atomic E-state index is 11.7. The molecule has 2 aliphatic rings. The second-order valence-corrected chi connectivity index (χ2v) is 3.98. The normalized spacial score (nSPS) is 27.6. The number of hydrogen-bond acceptors (Lipinski definition) is 3. The minimum Gasteiger partial charge on any atom is -0.391 e. The monoisotopic (exact) mass is 198 g/mol. The van der Waals surface area contributed by atoms with Gasteiger partial charge in [0.05, 0.1) is 12.0 Å². The molecule has 5 nitrogen and oxygen atoms in total. The van der Waals surface area contributed by atoms with Crippen molar-refractivity contribution in [2.75, 3.05) is 26.2 Å². The Labute approximate surface area is 82.3 Å². The molecule has 5 heteroatoms. The van der Waals surface area contributed by atoms with Crippen molar-refractivity contribution in [3.63, 3.8) is 0 Å². The molecular weight excluding hydrogens is 184 g/mol. The van der Waals surface area contributed by atoms with Gasteiger partial charge in [0.2, 0.25) is 12.3 Å². The Morgan fingerprint density at radius 3 is 2.57 bits per heavy atom. The first-order chi connectivity index (χ1) is 6.70. The number of carbonyl (C=O) groups excluding carboxylic acids is 2. The molecule has 0 spiro atoms. The maximum atomic E-state index is 11.7. The summed E-state index contributed by atoms with van der Waals surface area (Å²) in [4.78, 5) is 25.3. The Morgan fingerprint density at radius 1 is 1.36 bits per heavy atom. The third kappa shape index (κ3) is 1.59. The van der Waals surface area contributed by atoms with Gasteiger partial charge in [-0.3, -0.25) is 9.59 Å². The van der Waals surface area contributed by atoms with Crippen molar-refractivity contribution in [3.05, 3.63) is 0 Å². The molecule has 0 radical (unpaired) electrons. The molecule has 1 N–H and O–H groups in total. The third-order valence-electron chi connectivity index (χ3n) is 2.88. The summed E-state index contributed by atoms with van der Waals surface area (Å²) in [5.41, 5.74) is 0. The van der Waals surface area contributed by atoms with Crippen molar-refractivity contribution in [2.24, 2.45) is 5.92 Å². The van der Waals surface area contributed by atoms with Crippen LogP contribution in [0.3, 0.4) is 0 Å². The molecule has 0 saturated carbocycles. The lowest BCUT2D eigenvalue weighted by molar-refractivity contribution is -0.143. The highest BCUT2D eigenvalue weighted by Crippen LogP contribution is 2.19. The first-order valence-electron chi connectivity index (χ1n) is 4.87. The van der Waals surface area contributed by atoms with Crippen molar-refractivity contribution in [2.45, 2.75) is 12.5 Å². The second kappa shape index (κ2) is 3.57. The van der Waals surface area contributed by atoms with Crippen molar-refractivity contribution < 1.29 is 14.7 Å². The number of likely N-dealkylation sites (tertiary alicyclic amines) is 2. The average molecular weight is 198 g/mol. The number of amides is 2. The number of nitrogens with zero attached hydrogens (tertiary/aromatic N) is 2. The SMILES string of the molecule is O=CN1CC(C(=O)N2CCC(O)C2)C1. The second-order valence-electron chi connectivity index (χ2n) is 3.98. The fourth-order valence-corrected chi connectivity index (χ4v) is 1.96. The highest BCUT2D eigenvalue weighted by Gasteiger charge is 2.36. The number of aliphatic hydroxyl groups excluding tert-OH is 1. The summed E-state index contributed by atoms with van der Waals surface area (Å²) < 4.78 is 0. The van der Waals surface area contributed by atoms with E-state index in [0.717, 1.165) is 6.41 Å². The van der Waals surface area contributed by atoms with E-state index in [4.69, 9.17) is 0 Å². The first-order valence-corrected chi connectivity index (χ1v) is 4.87. The van der Waals surface area contributed by atoms with Gasteiger partial charge in [-0.2, -0.15) is 0 Å². The van der Waals surface area contributed by atoms with Crippen LogP contribution in [0.1, 0.15) is 6.42 Å². The van der Waals surface area contributed by atoms with Crippen molar-refractivity contribution in [1.29, 1.82) is 0 Å². The van der Waals surface area contributed by atoms with E-state index in [-0.39, 0.29) is 17.9 Å². The molecule has 0 aliphatic carbocycles. The first kappa shape index (κ1) is 9.45. The quantitative estimate of drug-likeness (QED) is 0.559. The van der Waals surface area contributed by atoms with Crippen LogP contribution in [0.25, 0.3) is 0 Å². The summed E-state index contributed by atoms with van der Waals surface area (Å²) in [5, 5.41) is 9.26. The average Bonchev–Trinajstić information content (AvgIpc) is 2.49. The fraction of sp³-hybridized carbons (Fsp3) is 0.778. The molecule has 1 unspecified atom stereocenters. The topological polar surface area (TPSA) is 60.9 Å². The largest absolute Gasteiger partial charge is 0.391 e. The lowest BCUT2D eigenvalue weighted by atomic mass is 10.00. The predicted octanol–water partition coefficient (Wildman–Crippen LogP) is -1.33. The van der Waals surface area contributed by atoms with Crippen LogP contribution >= 0.6 is 0 Å². The summed E-state index contributed by atoms with van der Waals surface area (Å²) >= 11 is 0. The molecule has 0 bridgehead atoms. The van der Waals surface area contributed by atoms with Crippen LogP contribution in [0, 0.1) is 5.92 Å². The molecule has 1 atom stereocenters. The zero-order valence-corrected chi connectivity index (χ0v) is 7.93. The van der Waals surface area contributed by atoms with Crippen molar-refractivity contribution >= 4 is 12.3 Å². The smallest absolute Gasteiger partial charge is 0.229 e.